The lowest BCUT2D eigenvalue weighted by molar-refractivity contribution is 0.102. The first-order valence-electron chi connectivity index (χ1n) is 9.28. The first-order chi connectivity index (χ1) is 14.6. The van der Waals surface area contributed by atoms with E-state index in [1.807, 2.05) is 36.6 Å². The number of aryl methyl sites for hydroxylation is 1. The van der Waals surface area contributed by atoms with E-state index in [0.717, 1.165) is 22.4 Å². The van der Waals surface area contributed by atoms with Crippen molar-refractivity contribution in [3.8, 4) is 5.75 Å². The van der Waals surface area contributed by atoms with Gasteiger partial charge < -0.3 is 4.74 Å². The maximum absolute atomic E-state index is 13.3. The maximum Gasteiger partial charge on any atom is 0.268 e. The van der Waals surface area contributed by atoms with Crippen molar-refractivity contribution in [1.29, 1.82) is 0 Å². The zero-order valence-corrected chi connectivity index (χ0v) is 17.0. The van der Waals surface area contributed by atoms with E-state index in [-0.39, 0.29) is 17.7 Å². The highest BCUT2D eigenvalue weighted by Gasteiger charge is 2.13. The molecule has 0 aliphatic carbocycles. The van der Waals surface area contributed by atoms with Crippen molar-refractivity contribution < 1.29 is 13.9 Å². The van der Waals surface area contributed by atoms with Gasteiger partial charge in [0.25, 0.3) is 5.91 Å². The summed E-state index contributed by atoms with van der Waals surface area (Å²) in [5.74, 6) is 0.428. The highest BCUT2D eigenvalue weighted by atomic mass is 32.1. The molecule has 2 heterocycles. The minimum absolute atomic E-state index is 0.197. The third-order valence-electron chi connectivity index (χ3n) is 4.36. The summed E-state index contributed by atoms with van der Waals surface area (Å²) >= 11 is 1.33. The Morgan fingerprint density at radius 1 is 1.17 bits per heavy atom. The third-order valence-corrected chi connectivity index (χ3v) is 5.34. The van der Waals surface area contributed by atoms with Crippen LogP contribution in [-0.2, 0) is 13.2 Å². The van der Waals surface area contributed by atoms with Crippen molar-refractivity contribution >= 4 is 23.2 Å². The fourth-order valence-electron chi connectivity index (χ4n) is 2.86. The smallest absolute Gasteiger partial charge is 0.268 e. The second-order valence-corrected chi connectivity index (χ2v) is 7.63. The van der Waals surface area contributed by atoms with Crippen LogP contribution in [0.25, 0.3) is 0 Å². The highest BCUT2D eigenvalue weighted by molar-refractivity contribution is 7.12. The molecule has 152 valence electrons. The van der Waals surface area contributed by atoms with Crippen molar-refractivity contribution in [2.75, 3.05) is 5.32 Å². The van der Waals surface area contributed by atoms with Gasteiger partial charge in [-0.2, -0.15) is 0 Å². The summed E-state index contributed by atoms with van der Waals surface area (Å²) < 4.78 is 20.7. The third kappa shape index (κ3) is 4.90. The number of hydrogen-bond donors (Lipinski definition) is 1. The molecule has 4 rings (SSSR count). The summed E-state index contributed by atoms with van der Waals surface area (Å²) in [6, 6.07) is 15.9. The Bertz CT molecular complexity index is 1170. The Labute approximate surface area is 177 Å². The largest absolute Gasteiger partial charge is 0.489 e. The number of nitrogens with zero attached hydrogens (tertiary/aromatic N) is 3. The molecular formula is C22H19FN4O2S. The van der Waals surface area contributed by atoms with Gasteiger partial charge in [0.05, 0.1) is 11.4 Å². The van der Waals surface area contributed by atoms with E-state index in [1.54, 1.807) is 22.9 Å². The zero-order valence-electron chi connectivity index (χ0n) is 16.2. The predicted molar refractivity (Wildman–Crippen MR) is 113 cm³/mol. The molecule has 30 heavy (non-hydrogen) atoms. The number of aromatic nitrogens is 3. The van der Waals surface area contributed by atoms with E-state index in [1.165, 1.54) is 29.8 Å². The van der Waals surface area contributed by atoms with Crippen molar-refractivity contribution in [2.24, 2.45) is 0 Å². The number of carbonyl (C=O) groups is 1. The summed E-state index contributed by atoms with van der Waals surface area (Å²) in [7, 11) is 0. The van der Waals surface area contributed by atoms with Crippen molar-refractivity contribution in [1.82, 2.24) is 14.8 Å². The minimum Gasteiger partial charge on any atom is -0.489 e. The normalized spacial score (nSPS) is 10.7. The number of rotatable bonds is 7. The molecule has 0 spiro atoms. The predicted octanol–water partition coefficient (Wildman–Crippen LogP) is 4.67. The van der Waals surface area contributed by atoms with Crippen LogP contribution in [0.3, 0.4) is 0 Å². The van der Waals surface area contributed by atoms with Gasteiger partial charge in [0.2, 0.25) is 5.95 Å². The number of benzene rings is 2. The van der Waals surface area contributed by atoms with Crippen molar-refractivity contribution in [2.45, 2.75) is 20.1 Å². The molecule has 0 unspecified atom stereocenters. The maximum atomic E-state index is 13.3. The first kappa shape index (κ1) is 19.8. The average molecular weight is 422 g/mol. The summed E-state index contributed by atoms with van der Waals surface area (Å²) in [5, 5.41) is 8.80. The standard InChI is InChI=1S/C22H19FN4O2S/c1-15-5-2-3-8-19(15)29-12-17-10-20(30-13-17)21(28)25-22-24-14-27(26-22)11-16-6-4-7-18(23)9-16/h2-10,13-14H,11-12H2,1H3,(H,25,26,28). The number of amides is 1. The second kappa shape index (κ2) is 8.87. The Morgan fingerprint density at radius 2 is 2.03 bits per heavy atom. The number of halogens is 1. The van der Waals surface area contributed by atoms with Crippen LogP contribution < -0.4 is 10.1 Å². The van der Waals surface area contributed by atoms with Gasteiger partial charge >= 0.3 is 0 Å². The van der Waals surface area contributed by atoms with Crippen LogP contribution in [0, 0.1) is 12.7 Å². The summed E-state index contributed by atoms with van der Waals surface area (Å²) in [6.07, 6.45) is 1.50. The fraction of sp³-hybridized carbons (Fsp3) is 0.136. The number of ether oxygens (including phenoxy) is 1. The van der Waals surface area contributed by atoms with E-state index >= 15 is 0 Å². The first-order valence-corrected chi connectivity index (χ1v) is 10.2. The number of carbonyl (C=O) groups excluding carboxylic acids is 1. The summed E-state index contributed by atoms with van der Waals surface area (Å²) in [6.45, 7) is 2.73. The minimum atomic E-state index is -0.305. The van der Waals surface area contributed by atoms with Gasteiger partial charge in [-0.3, -0.25) is 10.1 Å². The molecular weight excluding hydrogens is 403 g/mol. The molecule has 8 heteroatoms. The van der Waals surface area contributed by atoms with Gasteiger partial charge in [0.15, 0.2) is 0 Å². The molecule has 1 amide bonds. The molecule has 0 saturated heterocycles. The van der Waals surface area contributed by atoms with E-state index < -0.39 is 0 Å². The number of anilines is 1. The molecule has 4 aromatic rings. The zero-order chi connectivity index (χ0) is 20.9. The monoisotopic (exact) mass is 422 g/mol. The Morgan fingerprint density at radius 3 is 2.87 bits per heavy atom. The average Bonchev–Trinajstić information content (AvgIpc) is 3.37. The van der Waals surface area contributed by atoms with E-state index in [9.17, 15) is 9.18 Å². The SMILES string of the molecule is Cc1ccccc1OCc1csc(C(=O)Nc2ncn(Cc3cccc(F)c3)n2)c1. The molecule has 0 aliphatic heterocycles. The van der Waals surface area contributed by atoms with Crippen molar-refractivity contribution in [3.63, 3.8) is 0 Å². The molecule has 1 N–H and O–H groups in total. The van der Waals surface area contributed by atoms with Crippen LogP contribution in [0.1, 0.15) is 26.4 Å². The Kier molecular flexibility index (Phi) is 5.85. The van der Waals surface area contributed by atoms with E-state index in [0.29, 0.717) is 18.0 Å². The quantitative estimate of drug-likeness (QED) is 0.470. The van der Waals surface area contributed by atoms with Crippen LogP contribution in [0.4, 0.5) is 10.3 Å². The Hall–Kier alpha value is -3.52. The number of nitrogens with one attached hydrogen (secondary N) is 1. The molecule has 0 fully saturated rings. The fourth-order valence-corrected chi connectivity index (χ4v) is 3.66. The van der Waals surface area contributed by atoms with Gasteiger partial charge in [-0.05, 0) is 47.7 Å². The number of hydrogen-bond acceptors (Lipinski definition) is 5. The topological polar surface area (TPSA) is 69.0 Å². The lowest BCUT2D eigenvalue weighted by Gasteiger charge is -2.07. The van der Waals surface area contributed by atoms with Gasteiger partial charge in [0, 0.05) is 5.56 Å². The lowest BCUT2D eigenvalue weighted by atomic mass is 10.2. The molecule has 0 radical (unpaired) electrons. The van der Waals surface area contributed by atoms with Gasteiger partial charge in [-0.1, -0.05) is 30.3 Å². The van der Waals surface area contributed by atoms with E-state index in [2.05, 4.69) is 15.4 Å². The van der Waals surface area contributed by atoms with Gasteiger partial charge in [0.1, 0.15) is 24.5 Å². The van der Waals surface area contributed by atoms with Crippen LogP contribution in [0.15, 0.2) is 66.3 Å². The molecule has 2 aromatic carbocycles. The summed E-state index contributed by atoms with van der Waals surface area (Å²) in [4.78, 5) is 17.1. The number of thiophene rings is 1. The molecule has 0 bridgehead atoms. The van der Waals surface area contributed by atoms with Crippen LogP contribution in [0.2, 0.25) is 0 Å². The van der Waals surface area contributed by atoms with E-state index in [4.69, 9.17) is 4.74 Å². The van der Waals surface area contributed by atoms with Crippen LogP contribution >= 0.6 is 11.3 Å². The summed E-state index contributed by atoms with van der Waals surface area (Å²) in [5.41, 5.74) is 2.73. The molecule has 0 atom stereocenters. The molecule has 6 nitrogen and oxygen atoms in total. The lowest BCUT2D eigenvalue weighted by Crippen LogP contribution is -2.12. The van der Waals surface area contributed by atoms with Crippen molar-refractivity contribution in [3.05, 3.63) is 93.7 Å². The molecule has 0 aliphatic rings. The van der Waals surface area contributed by atoms with Gasteiger partial charge in [-0.15, -0.1) is 16.4 Å². The highest BCUT2D eigenvalue weighted by Crippen LogP contribution is 2.21. The molecule has 0 saturated carbocycles. The number of para-hydroxylation sites is 1. The van der Waals surface area contributed by atoms with Crippen LogP contribution in [0.5, 0.6) is 5.75 Å². The van der Waals surface area contributed by atoms with Gasteiger partial charge in [-0.25, -0.2) is 14.1 Å². The second-order valence-electron chi connectivity index (χ2n) is 6.72. The van der Waals surface area contributed by atoms with Crippen LogP contribution in [-0.4, -0.2) is 20.7 Å². The Balaban J connectivity index is 1.34. The molecule has 2 aromatic heterocycles.